The summed E-state index contributed by atoms with van der Waals surface area (Å²) in [4.78, 5) is 15.6. The zero-order valence-corrected chi connectivity index (χ0v) is 10.3. The number of nitrogens with one attached hydrogen (secondary N) is 1. The second-order valence-electron chi connectivity index (χ2n) is 4.00. The minimum absolute atomic E-state index is 0.255. The van der Waals surface area contributed by atoms with E-state index in [-0.39, 0.29) is 5.69 Å². The Morgan fingerprint density at radius 1 is 1.37 bits per heavy atom. The maximum Gasteiger partial charge on any atom is 0.347 e. The number of H-pyrrole nitrogens is 1. The summed E-state index contributed by atoms with van der Waals surface area (Å²) in [5.41, 5.74) is 1.20. The highest BCUT2D eigenvalue weighted by Crippen LogP contribution is 2.26. The minimum Gasteiger partial charge on any atom is -0.439 e. The summed E-state index contributed by atoms with van der Waals surface area (Å²) >= 11 is 0. The van der Waals surface area contributed by atoms with Crippen molar-refractivity contribution in [2.45, 2.75) is 13.3 Å². The van der Waals surface area contributed by atoms with Crippen molar-refractivity contribution in [2.24, 2.45) is 0 Å². The number of aromatic nitrogens is 4. The standard InChI is InChI=1S/C13H12N4O2/c1-2-9-10(19-11-5-3-4-7-14-11)6-8-17-12(9)15-16-13(17)18/h3-8H,2H2,1H3,(H,16,18). The fourth-order valence-corrected chi connectivity index (χ4v) is 1.96. The third kappa shape index (κ3) is 1.97. The number of aromatic amines is 1. The Morgan fingerprint density at radius 3 is 3.00 bits per heavy atom. The number of aryl methyl sites for hydroxylation is 1. The molecule has 0 aliphatic rings. The van der Waals surface area contributed by atoms with E-state index in [0.29, 0.717) is 23.7 Å². The van der Waals surface area contributed by atoms with Gasteiger partial charge >= 0.3 is 5.69 Å². The predicted octanol–water partition coefficient (Wildman–Crippen LogP) is 1.77. The summed E-state index contributed by atoms with van der Waals surface area (Å²) in [6.07, 6.45) is 4.01. The van der Waals surface area contributed by atoms with Gasteiger partial charge in [-0.05, 0) is 18.6 Å². The molecule has 0 radical (unpaired) electrons. The van der Waals surface area contributed by atoms with E-state index in [1.165, 1.54) is 4.40 Å². The van der Waals surface area contributed by atoms with Crippen LogP contribution in [0.2, 0.25) is 0 Å². The quantitative estimate of drug-likeness (QED) is 0.775. The molecule has 0 aliphatic carbocycles. The topological polar surface area (TPSA) is 72.3 Å². The number of nitrogens with zero attached hydrogens (tertiary/aromatic N) is 3. The fourth-order valence-electron chi connectivity index (χ4n) is 1.96. The molecule has 0 aromatic carbocycles. The summed E-state index contributed by atoms with van der Waals surface area (Å²) in [6.45, 7) is 1.99. The van der Waals surface area contributed by atoms with Gasteiger partial charge in [-0.2, -0.15) is 5.10 Å². The molecular weight excluding hydrogens is 244 g/mol. The summed E-state index contributed by atoms with van der Waals surface area (Å²) in [5, 5.41) is 6.44. The Morgan fingerprint density at radius 2 is 2.26 bits per heavy atom. The van der Waals surface area contributed by atoms with Crippen LogP contribution in [0.1, 0.15) is 12.5 Å². The molecule has 3 aromatic heterocycles. The van der Waals surface area contributed by atoms with Crippen LogP contribution in [0, 0.1) is 0 Å². The largest absolute Gasteiger partial charge is 0.439 e. The first-order chi connectivity index (χ1) is 9.29. The Bertz CT molecular complexity index is 761. The zero-order valence-electron chi connectivity index (χ0n) is 10.3. The van der Waals surface area contributed by atoms with Crippen LogP contribution in [-0.4, -0.2) is 19.6 Å². The van der Waals surface area contributed by atoms with E-state index < -0.39 is 0 Å². The second kappa shape index (κ2) is 4.56. The van der Waals surface area contributed by atoms with Gasteiger partial charge in [-0.1, -0.05) is 13.0 Å². The molecular formula is C13H12N4O2. The number of hydrogen-bond acceptors (Lipinski definition) is 4. The van der Waals surface area contributed by atoms with E-state index in [9.17, 15) is 4.79 Å². The fraction of sp³-hybridized carbons (Fsp3) is 0.154. The maximum atomic E-state index is 11.5. The first kappa shape index (κ1) is 11.5. The number of fused-ring (bicyclic) bond motifs is 1. The molecule has 1 N–H and O–H groups in total. The van der Waals surface area contributed by atoms with E-state index in [1.54, 1.807) is 24.5 Å². The Labute approximate surface area is 108 Å². The van der Waals surface area contributed by atoms with Crippen molar-refractivity contribution in [1.29, 1.82) is 0 Å². The lowest BCUT2D eigenvalue weighted by atomic mass is 10.2. The lowest BCUT2D eigenvalue weighted by molar-refractivity contribution is 0.457. The van der Waals surface area contributed by atoms with Crippen LogP contribution in [0.3, 0.4) is 0 Å². The molecule has 0 atom stereocenters. The van der Waals surface area contributed by atoms with E-state index >= 15 is 0 Å². The van der Waals surface area contributed by atoms with Crippen LogP contribution in [0.5, 0.6) is 11.6 Å². The number of hydrogen-bond donors (Lipinski definition) is 1. The van der Waals surface area contributed by atoms with Crippen molar-refractivity contribution < 1.29 is 4.74 Å². The van der Waals surface area contributed by atoms with Gasteiger partial charge in [0.2, 0.25) is 5.88 Å². The molecule has 0 bridgehead atoms. The third-order valence-corrected chi connectivity index (χ3v) is 2.85. The summed E-state index contributed by atoms with van der Waals surface area (Å²) < 4.78 is 7.20. The second-order valence-corrected chi connectivity index (χ2v) is 4.00. The molecule has 0 saturated heterocycles. The molecule has 0 unspecified atom stereocenters. The SMILES string of the molecule is CCc1c(Oc2ccccn2)ccn2c(=O)[nH]nc12. The lowest BCUT2D eigenvalue weighted by Gasteiger charge is -2.09. The summed E-state index contributed by atoms with van der Waals surface area (Å²) in [7, 11) is 0. The van der Waals surface area contributed by atoms with Crippen molar-refractivity contribution in [3.63, 3.8) is 0 Å². The number of rotatable bonds is 3. The van der Waals surface area contributed by atoms with Crippen molar-refractivity contribution in [3.8, 4) is 11.6 Å². The van der Waals surface area contributed by atoms with Gasteiger partial charge in [-0.25, -0.2) is 19.3 Å². The molecule has 0 fully saturated rings. The number of ether oxygens (including phenoxy) is 1. The van der Waals surface area contributed by atoms with Crippen molar-refractivity contribution in [3.05, 3.63) is 52.7 Å². The van der Waals surface area contributed by atoms with Gasteiger partial charge in [0, 0.05) is 24.0 Å². The first-order valence-corrected chi connectivity index (χ1v) is 5.97. The Hall–Kier alpha value is -2.63. The molecule has 3 rings (SSSR count). The number of pyridine rings is 2. The van der Waals surface area contributed by atoms with E-state index in [1.807, 2.05) is 19.1 Å². The van der Waals surface area contributed by atoms with Gasteiger partial charge in [0.25, 0.3) is 0 Å². The highest BCUT2D eigenvalue weighted by molar-refractivity contribution is 5.54. The average Bonchev–Trinajstić information content (AvgIpc) is 2.82. The van der Waals surface area contributed by atoms with Crippen LogP contribution in [-0.2, 0) is 6.42 Å². The molecule has 19 heavy (non-hydrogen) atoms. The minimum atomic E-state index is -0.255. The van der Waals surface area contributed by atoms with Gasteiger partial charge in [0.05, 0.1) is 0 Å². The van der Waals surface area contributed by atoms with Crippen LogP contribution < -0.4 is 10.4 Å². The molecule has 3 aromatic rings. The van der Waals surface area contributed by atoms with Gasteiger partial charge in [0.15, 0.2) is 5.65 Å². The maximum absolute atomic E-state index is 11.5. The predicted molar refractivity (Wildman–Crippen MR) is 69.5 cm³/mol. The molecule has 96 valence electrons. The first-order valence-electron chi connectivity index (χ1n) is 5.97. The Kier molecular flexibility index (Phi) is 2.75. The molecule has 0 saturated carbocycles. The summed E-state index contributed by atoms with van der Waals surface area (Å²) in [6, 6.07) is 7.20. The van der Waals surface area contributed by atoms with Crippen LogP contribution in [0.25, 0.3) is 5.65 Å². The van der Waals surface area contributed by atoms with Gasteiger partial charge in [0.1, 0.15) is 5.75 Å². The molecule has 0 amide bonds. The monoisotopic (exact) mass is 256 g/mol. The Balaban J connectivity index is 2.11. The van der Waals surface area contributed by atoms with E-state index in [0.717, 1.165) is 5.56 Å². The van der Waals surface area contributed by atoms with Crippen molar-refractivity contribution in [2.75, 3.05) is 0 Å². The third-order valence-electron chi connectivity index (χ3n) is 2.85. The van der Waals surface area contributed by atoms with Crippen LogP contribution in [0.4, 0.5) is 0 Å². The van der Waals surface area contributed by atoms with Crippen LogP contribution in [0.15, 0.2) is 41.5 Å². The van der Waals surface area contributed by atoms with Crippen molar-refractivity contribution in [1.82, 2.24) is 19.6 Å². The van der Waals surface area contributed by atoms with E-state index in [2.05, 4.69) is 15.2 Å². The zero-order chi connectivity index (χ0) is 13.2. The summed E-state index contributed by atoms with van der Waals surface area (Å²) in [5.74, 6) is 1.17. The molecule has 6 heteroatoms. The van der Waals surface area contributed by atoms with Gasteiger partial charge in [-0.15, -0.1) is 0 Å². The average molecular weight is 256 g/mol. The highest BCUT2D eigenvalue weighted by Gasteiger charge is 2.12. The molecule has 0 aliphatic heterocycles. The van der Waals surface area contributed by atoms with Crippen LogP contribution >= 0.6 is 0 Å². The van der Waals surface area contributed by atoms with Gasteiger partial charge < -0.3 is 4.74 Å². The molecule has 3 heterocycles. The normalized spacial score (nSPS) is 10.8. The molecule has 0 spiro atoms. The van der Waals surface area contributed by atoms with E-state index in [4.69, 9.17) is 4.74 Å². The highest BCUT2D eigenvalue weighted by atomic mass is 16.5. The smallest absolute Gasteiger partial charge is 0.347 e. The lowest BCUT2D eigenvalue weighted by Crippen LogP contribution is -2.09. The van der Waals surface area contributed by atoms with Gasteiger partial charge in [-0.3, -0.25) is 0 Å². The molecule has 6 nitrogen and oxygen atoms in total. The van der Waals surface area contributed by atoms with Crippen molar-refractivity contribution >= 4 is 5.65 Å².